The lowest BCUT2D eigenvalue weighted by atomic mass is 10.1. The first-order valence-electron chi connectivity index (χ1n) is 9.54. The highest BCUT2D eigenvalue weighted by atomic mass is 19.1. The SMILES string of the molecule is C#Cc1cccc(NC(=O)CN(C)C(=O)c2ccccc2OCc2ccc(F)cc2)c1. The van der Waals surface area contributed by atoms with Crippen molar-refractivity contribution >= 4 is 17.5 Å². The minimum atomic E-state index is -0.359. The number of nitrogens with zero attached hydrogens (tertiary/aromatic N) is 1. The van der Waals surface area contributed by atoms with Crippen LogP contribution in [0.25, 0.3) is 0 Å². The molecule has 6 heteroatoms. The monoisotopic (exact) mass is 416 g/mol. The number of hydrogen-bond acceptors (Lipinski definition) is 3. The van der Waals surface area contributed by atoms with E-state index in [2.05, 4.69) is 11.2 Å². The van der Waals surface area contributed by atoms with Crippen LogP contribution in [-0.2, 0) is 11.4 Å². The van der Waals surface area contributed by atoms with Crippen molar-refractivity contribution < 1.29 is 18.7 Å². The zero-order valence-corrected chi connectivity index (χ0v) is 17.0. The number of anilines is 1. The molecule has 0 saturated carbocycles. The van der Waals surface area contributed by atoms with E-state index in [-0.39, 0.29) is 30.8 Å². The Balaban J connectivity index is 1.64. The van der Waals surface area contributed by atoms with E-state index in [4.69, 9.17) is 11.2 Å². The van der Waals surface area contributed by atoms with Crippen LogP contribution < -0.4 is 10.1 Å². The summed E-state index contributed by atoms with van der Waals surface area (Å²) in [6.45, 7) is 0.0334. The molecule has 0 unspecified atom stereocenters. The average Bonchev–Trinajstić information content (AvgIpc) is 2.78. The van der Waals surface area contributed by atoms with Crippen molar-refractivity contribution in [3.8, 4) is 18.1 Å². The van der Waals surface area contributed by atoms with Gasteiger partial charge in [0.25, 0.3) is 5.91 Å². The zero-order chi connectivity index (χ0) is 22.2. The second kappa shape index (κ2) is 10.1. The Kier molecular flexibility index (Phi) is 7.02. The molecule has 3 aromatic carbocycles. The molecule has 0 spiro atoms. The number of benzene rings is 3. The molecule has 3 aromatic rings. The number of ether oxygens (including phenoxy) is 1. The number of hydrogen-bond donors (Lipinski definition) is 1. The highest BCUT2D eigenvalue weighted by Gasteiger charge is 2.19. The van der Waals surface area contributed by atoms with E-state index in [9.17, 15) is 14.0 Å². The molecular weight excluding hydrogens is 395 g/mol. The van der Waals surface area contributed by atoms with Gasteiger partial charge in [0.15, 0.2) is 0 Å². The quantitative estimate of drug-likeness (QED) is 0.590. The van der Waals surface area contributed by atoms with Crippen LogP contribution in [0.3, 0.4) is 0 Å². The van der Waals surface area contributed by atoms with E-state index in [0.29, 0.717) is 22.6 Å². The maximum absolute atomic E-state index is 13.1. The molecule has 2 amide bonds. The first kappa shape index (κ1) is 21.6. The maximum atomic E-state index is 13.1. The number of rotatable bonds is 7. The van der Waals surface area contributed by atoms with Gasteiger partial charge in [-0.25, -0.2) is 4.39 Å². The topological polar surface area (TPSA) is 58.6 Å². The molecule has 5 nitrogen and oxygen atoms in total. The summed E-state index contributed by atoms with van der Waals surface area (Å²) in [4.78, 5) is 26.6. The van der Waals surface area contributed by atoms with Crippen molar-refractivity contribution in [1.82, 2.24) is 4.90 Å². The van der Waals surface area contributed by atoms with Gasteiger partial charge in [0.05, 0.1) is 12.1 Å². The smallest absolute Gasteiger partial charge is 0.257 e. The van der Waals surface area contributed by atoms with Crippen LogP contribution in [0.2, 0.25) is 0 Å². The van der Waals surface area contributed by atoms with Crippen molar-refractivity contribution in [1.29, 1.82) is 0 Å². The molecule has 31 heavy (non-hydrogen) atoms. The number of nitrogens with one attached hydrogen (secondary N) is 1. The van der Waals surface area contributed by atoms with Gasteiger partial charge in [-0.1, -0.05) is 36.3 Å². The standard InChI is InChI=1S/C25H21FN2O3/c1-3-18-7-6-8-21(15-18)27-24(29)16-28(2)25(30)22-9-4-5-10-23(22)31-17-19-11-13-20(26)14-12-19/h1,4-15H,16-17H2,2H3,(H,27,29). The molecule has 0 heterocycles. The van der Waals surface area contributed by atoms with E-state index in [1.807, 2.05) is 0 Å². The second-order valence-electron chi connectivity index (χ2n) is 6.85. The van der Waals surface area contributed by atoms with E-state index in [1.165, 1.54) is 24.1 Å². The first-order valence-corrected chi connectivity index (χ1v) is 9.54. The van der Waals surface area contributed by atoms with Gasteiger partial charge in [-0.15, -0.1) is 6.42 Å². The average molecular weight is 416 g/mol. The summed E-state index contributed by atoms with van der Waals surface area (Å²) in [6.07, 6.45) is 5.37. The van der Waals surface area contributed by atoms with E-state index < -0.39 is 0 Å². The summed E-state index contributed by atoms with van der Waals surface area (Å²) >= 11 is 0. The van der Waals surface area contributed by atoms with Gasteiger partial charge < -0.3 is 15.0 Å². The minimum absolute atomic E-state index is 0.147. The summed E-state index contributed by atoms with van der Waals surface area (Å²) in [5.74, 6) is 1.85. The molecule has 1 N–H and O–H groups in total. The molecule has 0 aromatic heterocycles. The van der Waals surface area contributed by atoms with Crippen LogP contribution >= 0.6 is 0 Å². The Morgan fingerprint density at radius 2 is 1.81 bits per heavy atom. The van der Waals surface area contributed by atoms with Crippen LogP contribution in [0.5, 0.6) is 5.75 Å². The molecule has 0 atom stereocenters. The van der Waals surface area contributed by atoms with Crippen molar-refractivity contribution in [2.24, 2.45) is 0 Å². The number of halogens is 1. The Labute approximate surface area is 180 Å². The lowest BCUT2D eigenvalue weighted by molar-refractivity contribution is -0.116. The predicted octanol–water partition coefficient (Wildman–Crippen LogP) is 4.10. The highest BCUT2D eigenvalue weighted by molar-refractivity contribution is 6.00. The molecule has 156 valence electrons. The van der Waals surface area contributed by atoms with E-state index in [1.54, 1.807) is 60.7 Å². The van der Waals surface area contributed by atoms with Gasteiger partial charge in [0.1, 0.15) is 18.2 Å². The molecular formula is C25H21FN2O3. The van der Waals surface area contributed by atoms with Crippen molar-refractivity contribution in [2.45, 2.75) is 6.61 Å². The largest absolute Gasteiger partial charge is 0.488 e. The maximum Gasteiger partial charge on any atom is 0.257 e. The number of carbonyl (C=O) groups is 2. The van der Waals surface area contributed by atoms with E-state index >= 15 is 0 Å². The number of carbonyl (C=O) groups excluding carboxylic acids is 2. The summed E-state index contributed by atoms with van der Waals surface area (Å²) < 4.78 is 18.8. The molecule has 0 aliphatic carbocycles. The fraction of sp³-hybridized carbons (Fsp3) is 0.120. The van der Waals surface area contributed by atoms with Gasteiger partial charge in [0, 0.05) is 18.3 Å². The van der Waals surface area contributed by atoms with Gasteiger partial charge in [-0.05, 0) is 48.0 Å². The Bertz CT molecular complexity index is 1120. The number of terminal acetylenes is 1. The van der Waals surface area contributed by atoms with Gasteiger partial charge in [-0.3, -0.25) is 9.59 Å². The van der Waals surface area contributed by atoms with Gasteiger partial charge in [0.2, 0.25) is 5.91 Å². The van der Waals surface area contributed by atoms with Gasteiger partial charge >= 0.3 is 0 Å². The Morgan fingerprint density at radius 1 is 1.06 bits per heavy atom. The summed E-state index contributed by atoms with van der Waals surface area (Å²) in [5, 5.41) is 2.73. The molecule has 0 aliphatic heterocycles. The fourth-order valence-corrected chi connectivity index (χ4v) is 2.89. The Hall–Kier alpha value is -4.11. The van der Waals surface area contributed by atoms with Crippen LogP contribution in [-0.4, -0.2) is 30.3 Å². The van der Waals surface area contributed by atoms with Crippen molar-refractivity contribution in [3.63, 3.8) is 0 Å². The third-order valence-electron chi connectivity index (χ3n) is 4.47. The summed E-state index contributed by atoms with van der Waals surface area (Å²) in [6, 6.07) is 19.6. The molecule has 0 saturated heterocycles. The highest BCUT2D eigenvalue weighted by Crippen LogP contribution is 2.21. The number of likely N-dealkylation sites (N-methyl/N-ethyl adjacent to an activating group) is 1. The lowest BCUT2D eigenvalue weighted by Crippen LogP contribution is -2.35. The van der Waals surface area contributed by atoms with Crippen molar-refractivity contribution in [2.75, 3.05) is 18.9 Å². The second-order valence-corrected chi connectivity index (χ2v) is 6.85. The van der Waals surface area contributed by atoms with Crippen LogP contribution in [0.4, 0.5) is 10.1 Å². The molecule has 3 rings (SSSR count). The molecule has 0 radical (unpaired) electrons. The zero-order valence-electron chi connectivity index (χ0n) is 17.0. The summed E-state index contributed by atoms with van der Waals surface area (Å²) in [5.41, 5.74) is 2.30. The molecule has 0 bridgehead atoms. The lowest BCUT2D eigenvalue weighted by Gasteiger charge is -2.19. The predicted molar refractivity (Wildman–Crippen MR) is 117 cm³/mol. The van der Waals surface area contributed by atoms with Crippen LogP contribution in [0.1, 0.15) is 21.5 Å². The number of para-hydroxylation sites is 1. The summed E-state index contributed by atoms with van der Waals surface area (Å²) in [7, 11) is 1.54. The fourth-order valence-electron chi connectivity index (χ4n) is 2.89. The normalized spacial score (nSPS) is 10.1. The van der Waals surface area contributed by atoms with Crippen molar-refractivity contribution in [3.05, 3.63) is 95.3 Å². The third kappa shape index (κ3) is 5.94. The Morgan fingerprint density at radius 3 is 2.55 bits per heavy atom. The van der Waals surface area contributed by atoms with E-state index in [0.717, 1.165) is 5.56 Å². The van der Waals surface area contributed by atoms with Gasteiger partial charge in [-0.2, -0.15) is 0 Å². The molecule has 0 fully saturated rings. The first-order chi connectivity index (χ1) is 15.0. The number of amides is 2. The van der Waals surface area contributed by atoms with Crippen LogP contribution in [0, 0.1) is 18.2 Å². The van der Waals surface area contributed by atoms with Crippen LogP contribution in [0.15, 0.2) is 72.8 Å². The minimum Gasteiger partial charge on any atom is -0.488 e. The third-order valence-corrected chi connectivity index (χ3v) is 4.47. The molecule has 0 aliphatic rings.